The number of imidazole rings is 1. The lowest BCUT2D eigenvalue weighted by Crippen LogP contribution is -2.43. The van der Waals surface area contributed by atoms with Crippen LogP contribution in [0.4, 0.5) is 4.39 Å². The molecule has 3 heterocycles. The van der Waals surface area contributed by atoms with Crippen LogP contribution in [0.3, 0.4) is 0 Å². The number of carbonyl (C=O) groups is 1. The second kappa shape index (κ2) is 9.01. The zero-order valence-corrected chi connectivity index (χ0v) is 21.7. The number of ether oxygens (including phenoxy) is 1. The van der Waals surface area contributed by atoms with Gasteiger partial charge in [0, 0.05) is 27.1 Å². The van der Waals surface area contributed by atoms with E-state index in [-0.39, 0.29) is 17.5 Å². The van der Waals surface area contributed by atoms with Gasteiger partial charge in [-0.15, -0.1) is 0 Å². The van der Waals surface area contributed by atoms with Crippen molar-refractivity contribution in [2.45, 2.75) is 19.4 Å². The van der Waals surface area contributed by atoms with Gasteiger partial charge in [0.25, 0.3) is 5.91 Å². The van der Waals surface area contributed by atoms with Crippen LogP contribution < -0.4 is 4.74 Å². The molecule has 0 bridgehead atoms. The third kappa shape index (κ3) is 4.31. The summed E-state index contributed by atoms with van der Waals surface area (Å²) in [4.78, 5) is 20.4. The molecule has 170 valence electrons. The second-order valence-electron chi connectivity index (χ2n) is 7.53. The molecule has 2 aromatic heterocycles. The van der Waals surface area contributed by atoms with E-state index < -0.39 is 11.9 Å². The van der Waals surface area contributed by atoms with E-state index in [1.165, 1.54) is 17.4 Å². The number of amides is 1. The van der Waals surface area contributed by atoms with Gasteiger partial charge < -0.3 is 9.64 Å². The SMILES string of the molecule is Cc1nn2c3c(nc2s1)CCN(C(=O)COc1ccc(I)cc1Cl)C3c1ccc(Cl)cc1F. The average Bonchev–Trinajstić information content (AvgIpc) is 3.28. The zero-order chi connectivity index (χ0) is 23.3. The standard InChI is InChI=1S/C22H16Cl2FIN4O2S/c1-11-28-30-21-17(27-22(30)33-11)6-7-29(20(21)14-4-2-12(23)8-16(14)25)19(31)10-32-18-5-3-13(26)9-15(18)24/h2-5,8-9,20H,6-7,10H2,1H3. The number of halogens is 4. The smallest absolute Gasteiger partial charge is 0.261 e. The molecule has 33 heavy (non-hydrogen) atoms. The monoisotopic (exact) mass is 616 g/mol. The quantitative estimate of drug-likeness (QED) is 0.276. The molecule has 2 aromatic carbocycles. The van der Waals surface area contributed by atoms with Crippen LogP contribution in [0, 0.1) is 16.3 Å². The van der Waals surface area contributed by atoms with Crippen LogP contribution in [-0.2, 0) is 11.2 Å². The summed E-state index contributed by atoms with van der Waals surface area (Å²) in [5, 5.41) is 6.09. The number of hydrogen-bond acceptors (Lipinski definition) is 5. The van der Waals surface area contributed by atoms with Crippen molar-refractivity contribution in [2.75, 3.05) is 13.2 Å². The molecule has 5 rings (SSSR count). The maximum Gasteiger partial charge on any atom is 0.261 e. The van der Waals surface area contributed by atoms with E-state index in [1.807, 2.05) is 13.0 Å². The fourth-order valence-corrected chi connectivity index (χ4v) is 5.82. The Balaban J connectivity index is 1.53. The van der Waals surface area contributed by atoms with Crippen molar-refractivity contribution in [2.24, 2.45) is 0 Å². The molecule has 4 aromatic rings. The Morgan fingerprint density at radius 3 is 2.88 bits per heavy atom. The molecule has 1 unspecified atom stereocenters. The van der Waals surface area contributed by atoms with Crippen LogP contribution in [0.2, 0.25) is 10.0 Å². The predicted molar refractivity (Wildman–Crippen MR) is 134 cm³/mol. The molecule has 0 saturated carbocycles. The highest BCUT2D eigenvalue weighted by atomic mass is 127. The first kappa shape index (κ1) is 22.8. The Morgan fingerprint density at radius 1 is 1.30 bits per heavy atom. The maximum atomic E-state index is 15.1. The minimum atomic E-state index is -0.717. The molecular weight excluding hydrogens is 601 g/mol. The van der Waals surface area contributed by atoms with Gasteiger partial charge in [0.1, 0.15) is 22.6 Å². The summed E-state index contributed by atoms with van der Waals surface area (Å²) in [6.45, 7) is 2.01. The molecule has 0 saturated heterocycles. The van der Waals surface area contributed by atoms with E-state index in [0.717, 1.165) is 14.3 Å². The predicted octanol–water partition coefficient (Wildman–Crippen LogP) is 5.70. The summed E-state index contributed by atoms with van der Waals surface area (Å²) < 4.78 is 23.5. The molecule has 0 spiro atoms. The lowest BCUT2D eigenvalue weighted by atomic mass is 9.95. The van der Waals surface area contributed by atoms with Crippen molar-refractivity contribution in [1.29, 1.82) is 0 Å². The molecule has 6 nitrogen and oxygen atoms in total. The minimum Gasteiger partial charge on any atom is -0.482 e. The van der Waals surface area contributed by atoms with Crippen molar-refractivity contribution in [3.8, 4) is 5.75 Å². The van der Waals surface area contributed by atoms with Crippen LogP contribution in [0.5, 0.6) is 5.75 Å². The van der Waals surface area contributed by atoms with E-state index >= 15 is 4.39 Å². The van der Waals surface area contributed by atoms with Gasteiger partial charge >= 0.3 is 0 Å². The number of nitrogens with zero attached hydrogens (tertiary/aromatic N) is 4. The van der Waals surface area contributed by atoms with Gasteiger partial charge in [0.05, 0.1) is 16.4 Å². The number of aromatic nitrogens is 3. The van der Waals surface area contributed by atoms with Crippen LogP contribution in [0.1, 0.15) is 28.0 Å². The highest BCUT2D eigenvalue weighted by Crippen LogP contribution is 2.38. The molecule has 0 radical (unpaired) electrons. The molecule has 0 N–H and O–H groups in total. The van der Waals surface area contributed by atoms with E-state index in [2.05, 4.69) is 32.7 Å². The molecule has 1 aliphatic rings. The first-order chi connectivity index (χ1) is 15.8. The highest BCUT2D eigenvalue weighted by molar-refractivity contribution is 14.1. The van der Waals surface area contributed by atoms with Crippen molar-refractivity contribution in [1.82, 2.24) is 19.5 Å². The summed E-state index contributed by atoms with van der Waals surface area (Å²) >= 11 is 15.8. The van der Waals surface area contributed by atoms with Crippen LogP contribution >= 0.6 is 57.1 Å². The first-order valence-corrected chi connectivity index (χ1v) is 12.6. The van der Waals surface area contributed by atoms with Gasteiger partial charge in [-0.25, -0.2) is 13.9 Å². The first-order valence-electron chi connectivity index (χ1n) is 9.99. The lowest BCUT2D eigenvalue weighted by Gasteiger charge is -2.35. The number of fused-ring (bicyclic) bond motifs is 3. The number of rotatable bonds is 4. The normalized spacial score (nSPS) is 15.7. The van der Waals surface area contributed by atoms with Crippen molar-refractivity contribution in [3.05, 3.63) is 77.8 Å². The lowest BCUT2D eigenvalue weighted by molar-refractivity contribution is -0.135. The van der Waals surface area contributed by atoms with Gasteiger partial charge in [0.2, 0.25) is 4.96 Å². The van der Waals surface area contributed by atoms with Crippen molar-refractivity contribution < 1.29 is 13.9 Å². The molecule has 1 aliphatic heterocycles. The molecular formula is C22H16Cl2FIN4O2S. The maximum absolute atomic E-state index is 15.1. The van der Waals surface area contributed by atoms with Gasteiger partial charge in [-0.2, -0.15) is 5.10 Å². The molecule has 0 aliphatic carbocycles. The third-order valence-electron chi connectivity index (χ3n) is 5.40. The van der Waals surface area contributed by atoms with E-state index in [9.17, 15) is 4.79 Å². The van der Waals surface area contributed by atoms with Crippen molar-refractivity contribution >= 4 is 68.0 Å². The van der Waals surface area contributed by atoms with E-state index in [4.69, 9.17) is 27.9 Å². The van der Waals surface area contributed by atoms with Gasteiger partial charge in [0.15, 0.2) is 6.61 Å². The highest BCUT2D eigenvalue weighted by Gasteiger charge is 2.38. The molecule has 1 atom stereocenters. The molecule has 11 heteroatoms. The summed E-state index contributed by atoms with van der Waals surface area (Å²) in [6, 6.07) is 9.08. The Hall–Kier alpha value is -1.95. The number of carbonyl (C=O) groups excluding carboxylic acids is 1. The average molecular weight is 617 g/mol. The fourth-order valence-electron chi connectivity index (χ4n) is 3.98. The summed E-state index contributed by atoms with van der Waals surface area (Å²) in [5.41, 5.74) is 1.81. The molecule has 1 amide bonds. The van der Waals surface area contributed by atoms with Crippen LogP contribution in [0.15, 0.2) is 36.4 Å². The summed E-state index contributed by atoms with van der Waals surface area (Å²) in [7, 11) is 0. The second-order valence-corrected chi connectivity index (χ2v) is 10.8. The zero-order valence-electron chi connectivity index (χ0n) is 17.2. The van der Waals surface area contributed by atoms with Crippen LogP contribution in [-0.4, -0.2) is 38.6 Å². The summed E-state index contributed by atoms with van der Waals surface area (Å²) in [6.07, 6.45) is 0.534. The van der Waals surface area contributed by atoms with Crippen molar-refractivity contribution in [3.63, 3.8) is 0 Å². The van der Waals surface area contributed by atoms with E-state index in [1.54, 1.807) is 33.7 Å². The molecule has 0 fully saturated rings. The van der Waals surface area contributed by atoms with Gasteiger partial charge in [-0.1, -0.05) is 40.6 Å². The Kier molecular flexibility index (Phi) is 6.23. The van der Waals surface area contributed by atoms with Gasteiger partial charge in [-0.3, -0.25) is 4.79 Å². The topological polar surface area (TPSA) is 59.7 Å². The Labute approximate surface area is 216 Å². The van der Waals surface area contributed by atoms with Crippen LogP contribution in [0.25, 0.3) is 4.96 Å². The Morgan fingerprint density at radius 2 is 2.12 bits per heavy atom. The summed E-state index contributed by atoms with van der Waals surface area (Å²) in [5.74, 6) is -0.377. The minimum absolute atomic E-state index is 0.237. The number of benzene rings is 2. The number of aryl methyl sites for hydroxylation is 1. The largest absolute Gasteiger partial charge is 0.482 e. The fraction of sp³-hybridized carbons (Fsp3) is 0.227. The van der Waals surface area contributed by atoms with Gasteiger partial charge in [-0.05, 0) is 59.8 Å². The third-order valence-corrected chi connectivity index (χ3v) is 7.42. The number of hydrogen-bond donors (Lipinski definition) is 0. The van der Waals surface area contributed by atoms with E-state index in [0.29, 0.717) is 40.0 Å². The Bertz CT molecular complexity index is 1390.